The van der Waals surface area contributed by atoms with Gasteiger partial charge < -0.3 is 4.74 Å². The quantitative estimate of drug-likeness (QED) is 0.556. The van der Waals surface area contributed by atoms with Gasteiger partial charge in [0, 0.05) is 11.6 Å². The molecule has 1 rings (SSSR count). The summed E-state index contributed by atoms with van der Waals surface area (Å²) in [6, 6.07) is 1.43. The lowest BCUT2D eigenvalue weighted by Gasteiger charge is -2.08. The maximum Gasteiger partial charge on any atom is 0.416 e. The van der Waals surface area contributed by atoms with Crippen LogP contribution in [-0.2, 0) is 6.18 Å². The summed E-state index contributed by atoms with van der Waals surface area (Å²) in [5, 5.41) is 0. The average molecular weight is 243 g/mol. The summed E-state index contributed by atoms with van der Waals surface area (Å²) in [5.74, 6) is -1.96. The Balaban J connectivity index is 3.11. The van der Waals surface area contributed by atoms with Gasteiger partial charge in [0.05, 0.1) is 5.56 Å². The third-order valence-corrected chi connectivity index (χ3v) is 1.53. The number of ether oxygens (including phenoxy) is 1. The molecule has 0 spiro atoms. The van der Waals surface area contributed by atoms with E-state index < -0.39 is 28.7 Å². The maximum atomic E-state index is 12.8. The molecule has 7 heteroatoms. The molecule has 1 aromatic carbocycles. The highest BCUT2D eigenvalue weighted by molar-refractivity contribution is 6.61. The van der Waals surface area contributed by atoms with Crippen LogP contribution in [0.4, 0.5) is 22.4 Å². The fraction of sp³-hybridized carbons (Fsp3) is 0.125. The van der Waals surface area contributed by atoms with E-state index in [1.54, 1.807) is 0 Å². The second kappa shape index (κ2) is 4.06. The smallest absolute Gasteiger partial charge is 0.411 e. The fourth-order valence-corrected chi connectivity index (χ4v) is 0.927. The summed E-state index contributed by atoms with van der Waals surface area (Å²) >= 11 is 4.74. The van der Waals surface area contributed by atoms with Crippen LogP contribution in [0.25, 0.3) is 0 Å². The Kier molecular flexibility index (Phi) is 3.18. The standard InChI is InChI=1S/C8H3ClF4O2/c9-7(14)15-6-3-4(8(11,12)13)1-2-5(6)10/h1-3H. The van der Waals surface area contributed by atoms with E-state index in [-0.39, 0.29) is 0 Å². The van der Waals surface area contributed by atoms with Gasteiger partial charge >= 0.3 is 11.6 Å². The summed E-state index contributed by atoms with van der Waals surface area (Å²) < 4.78 is 53.3. The van der Waals surface area contributed by atoms with Gasteiger partial charge in [-0.15, -0.1) is 0 Å². The van der Waals surface area contributed by atoms with Crippen molar-refractivity contribution in [2.45, 2.75) is 6.18 Å². The van der Waals surface area contributed by atoms with E-state index >= 15 is 0 Å². The highest BCUT2D eigenvalue weighted by Crippen LogP contribution is 2.32. The lowest BCUT2D eigenvalue weighted by Crippen LogP contribution is -2.07. The molecule has 82 valence electrons. The van der Waals surface area contributed by atoms with E-state index in [0.29, 0.717) is 18.2 Å². The van der Waals surface area contributed by atoms with E-state index in [4.69, 9.17) is 11.6 Å². The molecule has 0 saturated heterocycles. The number of halogens is 5. The Morgan fingerprint density at radius 1 is 1.33 bits per heavy atom. The van der Waals surface area contributed by atoms with E-state index in [9.17, 15) is 22.4 Å². The SMILES string of the molecule is O=C(Cl)Oc1cc(C(F)(F)F)ccc1F. The molecule has 0 heterocycles. The predicted octanol–water partition coefficient (Wildman–Crippen LogP) is 3.58. The first-order valence-corrected chi connectivity index (χ1v) is 3.92. The van der Waals surface area contributed by atoms with Crippen molar-refractivity contribution in [3.05, 3.63) is 29.6 Å². The summed E-state index contributed by atoms with van der Waals surface area (Å²) in [4.78, 5) is 10.2. The van der Waals surface area contributed by atoms with Crippen molar-refractivity contribution in [1.82, 2.24) is 0 Å². The fourth-order valence-electron chi connectivity index (χ4n) is 0.844. The van der Waals surface area contributed by atoms with Gasteiger partial charge in [-0.1, -0.05) is 0 Å². The van der Waals surface area contributed by atoms with Gasteiger partial charge in [-0.2, -0.15) is 13.2 Å². The monoisotopic (exact) mass is 242 g/mol. The molecule has 15 heavy (non-hydrogen) atoms. The van der Waals surface area contributed by atoms with Gasteiger partial charge in [0.25, 0.3) is 0 Å². The molecule has 1 aromatic rings. The Labute approximate surface area is 86.4 Å². The number of hydrogen-bond donors (Lipinski definition) is 0. The first-order valence-electron chi connectivity index (χ1n) is 3.55. The predicted molar refractivity (Wildman–Crippen MR) is 43.3 cm³/mol. The second-order valence-electron chi connectivity index (χ2n) is 2.48. The van der Waals surface area contributed by atoms with Crippen LogP contribution < -0.4 is 4.74 Å². The lowest BCUT2D eigenvalue weighted by atomic mass is 10.2. The third-order valence-electron chi connectivity index (χ3n) is 1.45. The van der Waals surface area contributed by atoms with Gasteiger partial charge in [-0.05, 0) is 18.2 Å². The van der Waals surface area contributed by atoms with Crippen LogP contribution in [0, 0.1) is 5.82 Å². The first kappa shape index (κ1) is 11.8. The lowest BCUT2D eigenvalue weighted by molar-refractivity contribution is -0.137. The summed E-state index contributed by atoms with van der Waals surface area (Å²) in [7, 11) is 0. The highest BCUT2D eigenvalue weighted by atomic mass is 35.5. The van der Waals surface area contributed by atoms with Gasteiger partial charge in [0.2, 0.25) is 0 Å². The number of rotatable bonds is 1. The number of hydrogen-bond acceptors (Lipinski definition) is 2. The van der Waals surface area contributed by atoms with Crippen LogP contribution in [0.15, 0.2) is 18.2 Å². The number of carbonyl (C=O) groups excluding carboxylic acids is 1. The third kappa shape index (κ3) is 3.09. The molecule has 0 aliphatic carbocycles. The summed E-state index contributed by atoms with van der Waals surface area (Å²) in [6.07, 6.45) is -4.64. The minimum atomic E-state index is -4.64. The average Bonchev–Trinajstić information content (AvgIpc) is 2.06. The Morgan fingerprint density at radius 3 is 2.40 bits per heavy atom. The summed E-state index contributed by atoms with van der Waals surface area (Å²) in [5.41, 5.74) is -2.54. The normalized spacial score (nSPS) is 11.3. The molecule has 0 radical (unpaired) electrons. The number of alkyl halides is 3. The number of carbonyl (C=O) groups is 1. The van der Waals surface area contributed by atoms with Crippen LogP contribution in [-0.4, -0.2) is 5.43 Å². The zero-order valence-corrected chi connectivity index (χ0v) is 7.69. The topological polar surface area (TPSA) is 26.3 Å². The molecule has 0 fully saturated rings. The molecule has 0 amide bonds. The summed E-state index contributed by atoms with van der Waals surface area (Å²) in [6.45, 7) is 0. The Morgan fingerprint density at radius 2 is 1.93 bits per heavy atom. The zero-order valence-electron chi connectivity index (χ0n) is 6.94. The van der Waals surface area contributed by atoms with Crippen molar-refractivity contribution in [2.24, 2.45) is 0 Å². The van der Waals surface area contributed by atoms with Crippen LogP contribution in [0.2, 0.25) is 0 Å². The molecule has 0 aliphatic heterocycles. The van der Waals surface area contributed by atoms with Gasteiger partial charge in [-0.3, -0.25) is 0 Å². The van der Waals surface area contributed by atoms with Gasteiger partial charge in [-0.25, -0.2) is 9.18 Å². The molecule has 0 atom stereocenters. The Hall–Kier alpha value is -1.30. The van der Waals surface area contributed by atoms with Crippen LogP contribution in [0.1, 0.15) is 5.56 Å². The van der Waals surface area contributed by atoms with E-state index in [1.165, 1.54) is 0 Å². The molecule has 0 N–H and O–H groups in total. The van der Waals surface area contributed by atoms with Gasteiger partial charge in [0.15, 0.2) is 11.6 Å². The van der Waals surface area contributed by atoms with Crippen LogP contribution >= 0.6 is 11.6 Å². The van der Waals surface area contributed by atoms with Crippen molar-refractivity contribution in [3.8, 4) is 5.75 Å². The molecule has 0 saturated carbocycles. The number of benzene rings is 1. The molecule has 0 aromatic heterocycles. The Bertz CT molecular complexity index is 389. The van der Waals surface area contributed by atoms with E-state index in [2.05, 4.69) is 4.74 Å². The minimum absolute atomic E-state index is 0.357. The van der Waals surface area contributed by atoms with Gasteiger partial charge in [0.1, 0.15) is 0 Å². The highest BCUT2D eigenvalue weighted by Gasteiger charge is 2.31. The molecule has 0 bridgehead atoms. The molecular formula is C8H3ClF4O2. The van der Waals surface area contributed by atoms with Crippen molar-refractivity contribution in [2.75, 3.05) is 0 Å². The van der Waals surface area contributed by atoms with Crippen molar-refractivity contribution in [3.63, 3.8) is 0 Å². The minimum Gasteiger partial charge on any atom is -0.411 e. The largest absolute Gasteiger partial charge is 0.416 e. The molecular weight excluding hydrogens is 240 g/mol. The van der Waals surface area contributed by atoms with E-state index in [0.717, 1.165) is 0 Å². The molecule has 0 aliphatic rings. The van der Waals surface area contributed by atoms with Crippen LogP contribution in [0.3, 0.4) is 0 Å². The molecule has 0 unspecified atom stereocenters. The molecule has 2 nitrogen and oxygen atoms in total. The van der Waals surface area contributed by atoms with Crippen molar-refractivity contribution < 1.29 is 27.1 Å². The maximum absolute atomic E-state index is 12.8. The van der Waals surface area contributed by atoms with Crippen molar-refractivity contribution in [1.29, 1.82) is 0 Å². The second-order valence-corrected chi connectivity index (χ2v) is 2.79. The zero-order chi connectivity index (χ0) is 11.6. The van der Waals surface area contributed by atoms with E-state index in [1.807, 2.05) is 0 Å². The van der Waals surface area contributed by atoms with Crippen LogP contribution in [0.5, 0.6) is 5.75 Å². The van der Waals surface area contributed by atoms with Crippen molar-refractivity contribution >= 4 is 17.0 Å². The first-order chi connectivity index (χ1) is 6.80.